The lowest BCUT2D eigenvalue weighted by molar-refractivity contribution is -0.146. The van der Waals surface area contributed by atoms with Crippen LogP contribution < -0.4 is 0 Å². The van der Waals surface area contributed by atoms with Gasteiger partial charge < -0.3 is 9.64 Å². The molecular weight excluding hydrogens is 261 g/mol. The third kappa shape index (κ3) is 2.37. The summed E-state index contributed by atoms with van der Waals surface area (Å²) >= 11 is 1.59. The summed E-state index contributed by atoms with van der Waals surface area (Å²) in [6.45, 7) is 1.98. The number of benzene rings is 1. The van der Waals surface area contributed by atoms with Crippen LogP contribution in [0.3, 0.4) is 0 Å². The maximum absolute atomic E-state index is 12.1. The molecule has 0 aromatic heterocycles. The van der Waals surface area contributed by atoms with Crippen molar-refractivity contribution in [1.29, 1.82) is 0 Å². The summed E-state index contributed by atoms with van der Waals surface area (Å²) in [7, 11) is 2.84. The molecule has 0 spiro atoms. The number of ether oxygens (including phenoxy) is 1. The van der Waals surface area contributed by atoms with Crippen LogP contribution in [-0.4, -0.2) is 43.6 Å². The first-order valence-electron chi connectivity index (χ1n) is 6.05. The van der Waals surface area contributed by atoms with E-state index in [0.29, 0.717) is 5.88 Å². The minimum absolute atomic E-state index is 0.109. The molecule has 6 heteroatoms. The van der Waals surface area contributed by atoms with Gasteiger partial charge in [0.15, 0.2) is 5.81 Å². The number of esters is 1. The van der Waals surface area contributed by atoms with Crippen molar-refractivity contribution in [3.05, 3.63) is 35.9 Å². The van der Waals surface area contributed by atoms with Gasteiger partial charge in [-0.25, -0.2) is 4.79 Å². The monoisotopic (exact) mass is 277 g/mol. The maximum Gasteiger partial charge on any atom is 0.330 e. The number of thioether (sulfide) groups is 1. The van der Waals surface area contributed by atoms with Crippen LogP contribution in [0.5, 0.6) is 0 Å². The highest BCUT2D eigenvalue weighted by Gasteiger charge is 2.51. The highest BCUT2D eigenvalue weighted by atomic mass is 32.2. The third-order valence-electron chi connectivity index (χ3n) is 3.51. The van der Waals surface area contributed by atoms with Gasteiger partial charge in [0, 0.05) is 0 Å². The van der Waals surface area contributed by atoms with E-state index in [1.165, 1.54) is 15.0 Å². The molecule has 1 saturated heterocycles. The second kappa shape index (κ2) is 5.29. The smallest absolute Gasteiger partial charge is 0.330 e. The molecule has 0 bridgehead atoms. The van der Waals surface area contributed by atoms with Crippen molar-refractivity contribution in [1.82, 2.24) is 4.90 Å². The van der Waals surface area contributed by atoms with Crippen molar-refractivity contribution in [3.63, 3.8) is 0 Å². The van der Waals surface area contributed by atoms with E-state index in [9.17, 15) is 9.59 Å². The van der Waals surface area contributed by atoms with Gasteiger partial charge in [0.1, 0.15) is 6.04 Å². The molecule has 2 unspecified atom stereocenters. The SMILES string of the molecule is BC(=O)N1CSC(C)(c2ccccc2)C1C(=O)OC. The molecule has 1 aliphatic rings. The van der Waals surface area contributed by atoms with Crippen molar-refractivity contribution in [2.75, 3.05) is 13.0 Å². The van der Waals surface area contributed by atoms with Crippen LogP contribution in [0.25, 0.3) is 0 Å². The van der Waals surface area contributed by atoms with E-state index < -0.39 is 10.8 Å². The summed E-state index contributed by atoms with van der Waals surface area (Å²) in [4.78, 5) is 25.4. The molecule has 1 aromatic carbocycles. The lowest BCUT2D eigenvalue weighted by Crippen LogP contribution is -2.48. The second-order valence-corrected chi connectivity index (χ2v) is 6.06. The normalized spacial score (nSPS) is 26.2. The average Bonchev–Trinajstić information content (AvgIpc) is 2.78. The molecule has 1 amide bonds. The molecule has 0 N–H and O–H groups in total. The summed E-state index contributed by atoms with van der Waals surface area (Å²) in [5.41, 5.74) is 1.03. The Morgan fingerprint density at radius 2 is 2.05 bits per heavy atom. The zero-order chi connectivity index (χ0) is 14.0. The topological polar surface area (TPSA) is 46.6 Å². The van der Waals surface area contributed by atoms with Gasteiger partial charge in [0.25, 0.3) is 0 Å². The predicted molar refractivity (Wildman–Crippen MR) is 77.8 cm³/mol. The van der Waals surface area contributed by atoms with Crippen LogP contribution >= 0.6 is 11.8 Å². The van der Waals surface area contributed by atoms with Gasteiger partial charge >= 0.3 is 5.97 Å². The number of methoxy groups -OCH3 is 1. The number of hydrogen-bond acceptors (Lipinski definition) is 4. The highest BCUT2D eigenvalue weighted by Crippen LogP contribution is 2.47. The molecule has 4 nitrogen and oxygen atoms in total. The van der Waals surface area contributed by atoms with E-state index in [-0.39, 0.29) is 11.8 Å². The molecule has 2 atom stereocenters. The number of hydrogen-bond donors (Lipinski definition) is 0. The first-order valence-corrected chi connectivity index (χ1v) is 7.04. The van der Waals surface area contributed by atoms with Gasteiger partial charge in [0.2, 0.25) is 7.85 Å². The molecular formula is C13H16BNO3S. The van der Waals surface area contributed by atoms with E-state index >= 15 is 0 Å². The summed E-state index contributed by atoms with van der Waals surface area (Å²) in [5.74, 6) is 0.0228. The van der Waals surface area contributed by atoms with E-state index in [1.54, 1.807) is 16.7 Å². The standard InChI is InChI=1S/C13H16BNO3S/c1-13(9-6-4-3-5-7-9)10(11(16)18-2)15(8-19-13)12(14)17/h3-7,10H,8,14H2,1-2H3. The van der Waals surface area contributed by atoms with E-state index in [2.05, 4.69) is 0 Å². The van der Waals surface area contributed by atoms with Crippen LogP contribution in [0.2, 0.25) is 0 Å². The minimum atomic E-state index is -0.581. The molecule has 1 fully saturated rings. The molecule has 1 heterocycles. The molecule has 0 aliphatic carbocycles. The van der Waals surface area contributed by atoms with E-state index in [4.69, 9.17) is 4.74 Å². The summed E-state index contributed by atoms with van der Waals surface area (Å²) in [6.07, 6.45) is 0. The van der Waals surface area contributed by atoms with Crippen LogP contribution in [0.1, 0.15) is 12.5 Å². The first-order chi connectivity index (χ1) is 9.00. The number of amides is 1. The van der Waals surface area contributed by atoms with Gasteiger partial charge in [-0.15, -0.1) is 11.8 Å². The molecule has 2 rings (SSSR count). The Kier molecular flexibility index (Phi) is 3.89. The Balaban J connectivity index is 2.44. The molecule has 100 valence electrons. The molecule has 1 aromatic rings. The minimum Gasteiger partial charge on any atom is -0.467 e. The highest BCUT2D eigenvalue weighted by molar-refractivity contribution is 8.00. The fourth-order valence-corrected chi connectivity index (χ4v) is 3.82. The third-order valence-corrected chi connectivity index (χ3v) is 4.98. The maximum atomic E-state index is 12.1. The van der Waals surface area contributed by atoms with Crippen molar-refractivity contribution >= 4 is 31.4 Å². The van der Waals surface area contributed by atoms with Gasteiger partial charge in [-0.3, -0.25) is 4.79 Å². The zero-order valence-electron chi connectivity index (χ0n) is 11.3. The van der Waals surface area contributed by atoms with Crippen LogP contribution in [0, 0.1) is 0 Å². The first kappa shape index (κ1) is 14.0. The quantitative estimate of drug-likeness (QED) is 0.602. The zero-order valence-corrected chi connectivity index (χ0v) is 12.1. The second-order valence-electron chi connectivity index (χ2n) is 4.66. The lowest BCUT2D eigenvalue weighted by Gasteiger charge is -2.32. The van der Waals surface area contributed by atoms with Gasteiger partial charge in [-0.1, -0.05) is 30.3 Å². The van der Waals surface area contributed by atoms with E-state index in [1.807, 2.05) is 37.3 Å². The number of carbonyl (C=O) groups is 2. The molecule has 0 saturated carbocycles. The average molecular weight is 277 g/mol. The fraction of sp³-hybridized carbons (Fsp3) is 0.385. The number of rotatable bonds is 2. The van der Waals surface area contributed by atoms with Crippen LogP contribution in [0.4, 0.5) is 4.79 Å². The Morgan fingerprint density at radius 1 is 1.42 bits per heavy atom. The van der Waals surface area contributed by atoms with Crippen molar-refractivity contribution < 1.29 is 14.3 Å². The van der Waals surface area contributed by atoms with Crippen molar-refractivity contribution in [3.8, 4) is 0 Å². The Bertz CT molecular complexity index is 496. The molecule has 1 aliphatic heterocycles. The summed E-state index contributed by atoms with van der Waals surface area (Å²) in [6, 6.07) is 9.18. The lowest BCUT2D eigenvalue weighted by atomic mass is 9.90. The predicted octanol–water partition coefficient (Wildman–Crippen LogP) is 1.20. The van der Waals surface area contributed by atoms with Gasteiger partial charge in [-0.05, 0) is 12.5 Å². The van der Waals surface area contributed by atoms with Gasteiger partial charge in [0.05, 0.1) is 17.7 Å². The summed E-state index contributed by atoms with van der Waals surface area (Å²) in [5, 5.41) is 0. The number of carbonyl (C=O) groups excluding carboxylic acids is 2. The molecule has 0 radical (unpaired) electrons. The largest absolute Gasteiger partial charge is 0.467 e. The molecule has 19 heavy (non-hydrogen) atoms. The van der Waals surface area contributed by atoms with Crippen molar-refractivity contribution in [2.24, 2.45) is 0 Å². The summed E-state index contributed by atoms with van der Waals surface area (Å²) < 4.78 is 4.41. The fourth-order valence-electron chi connectivity index (χ4n) is 2.40. The van der Waals surface area contributed by atoms with Crippen molar-refractivity contribution in [2.45, 2.75) is 17.7 Å². The number of nitrogens with zero attached hydrogens (tertiary/aromatic N) is 1. The van der Waals surface area contributed by atoms with Crippen LogP contribution in [-0.2, 0) is 14.3 Å². The van der Waals surface area contributed by atoms with Gasteiger partial charge in [-0.2, -0.15) is 0 Å². The Hall–Kier alpha value is -1.43. The Morgan fingerprint density at radius 3 is 2.58 bits per heavy atom. The Labute approximate surface area is 117 Å². The van der Waals surface area contributed by atoms with Crippen LogP contribution in [0.15, 0.2) is 30.3 Å². The van der Waals surface area contributed by atoms with E-state index in [0.717, 1.165) is 5.56 Å².